The van der Waals surface area contributed by atoms with Crippen LogP contribution in [-0.2, 0) is 13.6 Å². The van der Waals surface area contributed by atoms with Gasteiger partial charge in [-0.1, -0.05) is 73.5 Å². The number of nitrogens with one attached hydrogen (secondary N) is 1. The van der Waals surface area contributed by atoms with Gasteiger partial charge < -0.3 is 19.5 Å². The quantitative estimate of drug-likeness (QED) is 0.409. The summed E-state index contributed by atoms with van der Waals surface area (Å²) in [6, 6.07) is 20.0. The van der Waals surface area contributed by atoms with E-state index >= 15 is 0 Å². The molecule has 3 rings (SSSR count). The van der Waals surface area contributed by atoms with Gasteiger partial charge in [0.15, 0.2) is 0 Å². The van der Waals surface area contributed by atoms with Crippen LogP contribution in [0.1, 0.15) is 50.4 Å². The van der Waals surface area contributed by atoms with Crippen LogP contribution in [0.2, 0.25) is 0 Å². The first-order valence-corrected chi connectivity index (χ1v) is 13.6. The van der Waals surface area contributed by atoms with Gasteiger partial charge in [0.2, 0.25) is 0 Å². The molecule has 1 saturated heterocycles. The molecule has 2 N–H and O–H groups in total. The second kappa shape index (κ2) is 10.8. The summed E-state index contributed by atoms with van der Waals surface area (Å²) in [7, 11) is 0. The Kier molecular flexibility index (Phi) is 8.41. The lowest BCUT2D eigenvalue weighted by Crippen LogP contribution is -2.51. The van der Waals surface area contributed by atoms with Gasteiger partial charge in [0.25, 0.3) is 0 Å². The average Bonchev–Trinajstić information content (AvgIpc) is 2.77. The number of aliphatic hydroxyl groups is 1. The third-order valence-corrected chi connectivity index (χ3v) is 8.65. The first-order chi connectivity index (χ1) is 14.9. The molecule has 0 aromatic heterocycles. The fourth-order valence-electron chi connectivity index (χ4n) is 3.88. The molecule has 5 nitrogen and oxygen atoms in total. The van der Waals surface area contributed by atoms with E-state index in [9.17, 15) is 9.67 Å². The molecule has 7 heteroatoms. The number of hydrogen-bond donors (Lipinski definition) is 2. The molecule has 2 aromatic carbocycles. The summed E-state index contributed by atoms with van der Waals surface area (Å²) in [5.41, 5.74) is 0.915. The second-order valence-corrected chi connectivity index (χ2v) is 11.2. The van der Waals surface area contributed by atoms with Crippen molar-refractivity contribution < 1.29 is 18.7 Å². The zero-order valence-corrected chi connectivity index (χ0v) is 19.9. The van der Waals surface area contributed by atoms with Crippen LogP contribution in [0, 0.1) is 17.1 Å². The second-order valence-electron chi connectivity index (χ2n) is 7.54. The Morgan fingerprint density at radius 2 is 1.61 bits per heavy atom. The molecule has 0 saturated carbocycles. The van der Waals surface area contributed by atoms with E-state index in [1.807, 2.05) is 43.3 Å². The van der Waals surface area contributed by atoms with Gasteiger partial charge in [0.05, 0.1) is 13.2 Å². The summed E-state index contributed by atoms with van der Waals surface area (Å²) in [4.78, 5) is 0. The van der Waals surface area contributed by atoms with Crippen LogP contribution in [0.15, 0.2) is 60.7 Å². The smallest absolute Gasteiger partial charge is 0.377 e. The molecule has 4 atom stereocenters. The van der Waals surface area contributed by atoms with Crippen molar-refractivity contribution in [3.63, 3.8) is 0 Å². The summed E-state index contributed by atoms with van der Waals surface area (Å²) < 4.78 is 23.3. The fraction of sp³-hybridized carbons (Fsp3) is 0.417. The van der Waals surface area contributed by atoms with Crippen molar-refractivity contribution in [2.45, 2.75) is 44.9 Å². The lowest BCUT2D eigenvalue weighted by molar-refractivity contribution is -0.0196. The zero-order valence-electron chi connectivity index (χ0n) is 18.2. The summed E-state index contributed by atoms with van der Waals surface area (Å²) in [6.07, 6.45) is 0.419. The molecule has 31 heavy (non-hydrogen) atoms. The van der Waals surface area contributed by atoms with Crippen molar-refractivity contribution in [3.05, 3.63) is 71.8 Å². The molecule has 1 heterocycles. The molecule has 0 aliphatic carbocycles. The van der Waals surface area contributed by atoms with Crippen LogP contribution in [0.3, 0.4) is 0 Å². The summed E-state index contributed by atoms with van der Waals surface area (Å²) in [6.45, 7) is 2.68. The Balaban J connectivity index is 1.92. The standard InChI is InChI=1S/C24H30NO4PS/c1-4-28-30(27,29-5-2)31-17-16-24(26)18-22(20-12-8-6-9-13-20)25-23(19(24)3)21-14-10-7-11-15-21/h6-15,19,22-23,25-26H,4-5,18H2,1-3H3/t19-,22-,23+,24+/m1/s1. The van der Waals surface area contributed by atoms with E-state index in [4.69, 9.17) is 9.05 Å². The van der Waals surface area contributed by atoms with Crippen molar-refractivity contribution in [3.8, 4) is 11.2 Å². The topological polar surface area (TPSA) is 67.8 Å². The van der Waals surface area contributed by atoms with E-state index < -0.39 is 12.4 Å². The Morgan fingerprint density at radius 3 is 2.16 bits per heavy atom. The van der Waals surface area contributed by atoms with Crippen molar-refractivity contribution in [1.82, 2.24) is 5.32 Å². The van der Waals surface area contributed by atoms with Crippen LogP contribution < -0.4 is 5.32 Å². The molecular formula is C24H30NO4PS. The number of hydrogen-bond acceptors (Lipinski definition) is 6. The molecule has 0 bridgehead atoms. The minimum Gasteiger partial charge on any atom is -0.377 e. The maximum atomic E-state index is 12.7. The van der Waals surface area contributed by atoms with E-state index in [0.717, 1.165) is 22.5 Å². The maximum Gasteiger partial charge on any atom is 0.401 e. The Labute approximate surface area is 189 Å². The number of rotatable bonds is 7. The van der Waals surface area contributed by atoms with Crippen molar-refractivity contribution in [1.29, 1.82) is 0 Å². The molecule has 1 aliphatic heterocycles. The first-order valence-electron chi connectivity index (χ1n) is 10.6. The highest BCUT2D eigenvalue weighted by atomic mass is 32.7. The van der Waals surface area contributed by atoms with Gasteiger partial charge in [0.1, 0.15) is 5.60 Å². The van der Waals surface area contributed by atoms with Crippen molar-refractivity contribution in [2.75, 3.05) is 13.2 Å². The van der Waals surface area contributed by atoms with E-state index in [0.29, 0.717) is 6.42 Å². The minimum atomic E-state index is -3.37. The van der Waals surface area contributed by atoms with Gasteiger partial charge in [-0.3, -0.25) is 0 Å². The fourth-order valence-corrected chi connectivity index (χ4v) is 6.44. The molecule has 0 amide bonds. The van der Waals surface area contributed by atoms with Gasteiger partial charge in [0, 0.05) is 35.8 Å². The summed E-state index contributed by atoms with van der Waals surface area (Å²) in [5, 5.41) is 18.2. The molecule has 0 radical (unpaired) electrons. The highest BCUT2D eigenvalue weighted by molar-refractivity contribution is 8.57. The van der Waals surface area contributed by atoms with E-state index in [1.165, 1.54) is 0 Å². The molecule has 0 spiro atoms. The van der Waals surface area contributed by atoms with Crippen LogP contribution in [-0.4, -0.2) is 23.9 Å². The van der Waals surface area contributed by atoms with Gasteiger partial charge in [-0.25, -0.2) is 4.57 Å². The first kappa shape index (κ1) is 24.1. The molecule has 2 aromatic rings. The Hall–Kier alpha value is -1.58. The highest BCUT2D eigenvalue weighted by Gasteiger charge is 2.45. The predicted octanol–water partition coefficient (Wildman–Crippen LogP) is 5.70. The Morgan fingerprint density at radius 1 is 1.06 bits per heavy atom. The van der Waals surface area contributed by atoms with E-state index in [-0.39, 0.29) is 31.2 Å². The third-order valence-electron chi connectivity index (χ3n) is 5.51. The normalized spacial score (nSPS) is 26.1. The SMILES string of the molecule is CCOP(=O)(OCC)SC#C[C@]1(O)C[C@H](c2ccccc2)N[C@H](c2ccccc2)[C@H]1C. The van der Waals surface area contributed by atoms with Crippen molar-refractivity contribution >= 4 is 18.2 Å². The minimum absolute atomic E-state index is 0.0718. The average molecular weight is 460 g/mol. The molecule has 166 valence electrons. The predicted molar refractivity (Wildman–Crippen MR) is 126 cm³/mol. The van der Waals surface area contributed by atoms with E-state index in [2.05, 4.69) is 40.8 Å². The highest BCUT2D eigenvalue weighted by Crippen LogP contribution is 2.60. The molecule has 1 aliphatic rings. The zero-order chi connectivity index (χ0) is 22.3. The molecular weight excluding hydrogens is 429 g/mol. The van der Waals surface area contributed by atoms with Gasteiger partial charge in [-0.15, -0.1) is 0 Å². The summed E-state index contributed by atoms with van der Waals surface area (Å²) in [5.74, 6) is 2.82. The largest absolute Gasteiger partial charge is 0.401 e. The third kappa shape index (κ3) is 6.02. The van der Waals surface area contributed by atoms with Crippen LogP contribution >= 0.6 is 18.2 Å². The van der Waals surface area contributed by atoms with Crippen LogP contribution in [0.25, 0.3) is 0 Å². The number of benzene rings is 2. The molecule has 1 fully saturated rings. The van der Waals surface area contributed by atoms with Crippen molar-refractivity contribution in [2.24, 2.45) is 5.92 Å². The monoisotopic (exact) mass is 459 g/mol. The van der Waals surface area contributed by atoms with Gasteiger partial charge in [-0.05, 0) is 30.2 Å². The maximum absolute atomic E-state index is 12.7. The van der Waals surface area contributed by atoms with E-state index in [1.54, 1.807) is 13.8 Å². The lowest BCUT2D eigenvalue weighted by atomic mass is 9.72. The molecule has 0 unspecified atom stereocenters. The van der Waals surface area contributed by atoms with Gasteiger partial charge >= 0.3 is 6.80 Å². The number of piperidine rings is 1. The van der Waals surface area contributed by atoms with Crippen LogP contribution in [0.4, 0.5) is 0 Å². The Bertz CT molecular complexity index is 936. The lowest BCUT2D eigenvalue weighted by Gasteiger charge is -2.45. The summed E-state index contributed by atoms with van der Waals surface area (Å²) >= 11 is 0.831. The van der Waals surface area contributed by atoms with Crippen LogP contribution in [0.5, 0.6) is 0 Å². The van der Waals surface area contributed by atoms with Gasteiger partial charge in [-0.2, -0.15) is 0 Å².